The summed E-state index contributed by atoms with van der Waals surface area (Å²) < 4.78 is 54.6. The van der Waals surface area contributed by atoms with Gasteiger partial charge in [0.05, 0.1) is 5.69 Å². The average molecular weight is 385 g/mol. The summed E-state index contributed by atoms with van der Waals surface area (Å²) in [6.07, 6.45) is 0. The van der Waals surface area contributed by atoms with Gasteiger partial charge in [-0.1, -0.05) is 46.9 Å². The molecule has 0 spiro atoms. The topological polar surface area (TPSA) is 99.4 Å². The van der Waals surface area contributed by atoms with Crippen molar-refractivity contribution in [1.29, 1.82) is 0 Å². The molecule has 24 heavy (non-hydrogen) atoms. The van der Waals surface area contributed by atoms with Crippen LogP contribution in [0, 0.1) is 0 Å². The molecule has 1 heterocycles. The zero-order valence-corrected chi connectivity index (χ0v) is 14.5. The number of anilines is 1. The molecule has 2 aromatic carbocycles. The first-order chi connectivity index (χ1) is 11.3. The number of halogens is 1. The molecule has 0 fully saturated rings. The highest BCUT2D eigenvalue weighted by molar-refractivity contribution is 7.92. The highest BCUT2D eigenvalue weighted by atomic mass is 35.5. The van der Waals surface area contributed by atoms with Crippen molar-refractivity contribution in [3.8, 4) is 0 Å². The van der Waals surface area contributed by atoms with E-state index in [1.807, 2.05) is 0 Å². The van der Waals surface area contributed by atoms with E-state index in [9.17, 15) is 17.2 Å². The van der Waals surface area contributed by atoms with Gasteiger partial charge in [0.1, 0.15) is 5.58 Å². The molecule has 126 valence electrons. The van der Waals surface area contributed by atoms with Crippen molar-refractivity contribution in [2.75, 3.05) is 4.72 Å². The lowest BCUT2D eigenvalue weighted by Crippen LogP contribution is -2.14. The summed E-state index contributed by atoms with van der Waals surface area (Å²) in [5.41, 5.74) is 0.810. The Kier molecular flexibility index (Phi) is 4.64. The van der Waals surface area contributed by atoms with Crippen LogP contribution in [0.4, 0.5) is 5.69 Å². The summed E-state index contributed by atoms with van der Waals surface area (Å²) in [6.45, 7) is 0. The van der Waals surface area contributed by atoms with Crippen LogP contribution in [0.15, 0.2) is 58.0 Å². The van der Waals surface area contributed by atoms with Gasteiger partial charge in [-0.3, -0.25) is 8.93 Å². The first-order valence-electron chi connectivity index (χ1n) is 6.71. The van der Waals surface area contributed by atoms with Crippen LogP contribution >= 0.6 is 11.6 Å². The van der Waals surface area contributed by atoms with E-state index >= 15 is 0 Å². The predicted octanol–water partition coefficient (Wildman–Crippen LogP) is 3.27. The second-order valence-electron chi connectivity index (χ2n) is 4.96. The monoisotopic (exact) mass is 384 g/mol. The molecule has 0 aliphatic carbocycles. The zero-order valence-electron chi connectivity index (χ0n) is 12.1. The lowest BCUT2D eigenvalue weighted by Gasteiger charge is -2.13. The molecule has 9 heteroatoms. The second-order valence-corrected chi connectivity index (χ2v) is 7.90. The Morgan fingerprint density at radius 2 is 1.92 bits per heavy atom. The fourth-order valence-corrected chi connectivity index (χ4v) is 3.92. The maximum atomic E-state index is 12.5. The highest BCUT2D eigenvalue weighted by Crippen LogP contribution is 2.27. The van der Waals surface area contributed by atoms with E-state index in [4.69, 9.17) is 16.0 Å². The molecule has 0 saturated heterocycles. The fraction of sp³-hybridized carbons (Fsp3) is 0.0667. The Bertz CT molecular complexity index is 996. The van der Waals surface area contributed by atoms with Crippen LogP contribution < -0.4 is 4.72 Å². The summed E-state index contributed by atoms with van der Waals surface area (Å²) in [6, 6.07) is 12.6. The Labute approximate surface area is 145 Å². The summed E-state index contributed by atoms with van der Waals surface area (Å²) in [5, 5.41) is 0.653. The van der Waals surface area contributed by atoms with Crippen molar-refractivity contribution in [2.45, 2.75) is 10.8 Å². The molecule has 1 aromatic heterocycles. The molecule has 1 unspecified atom stereocenters. The molecule has 0 bridgehead atoms. The standard InChI is InChI=1S/C15H12ClNO5S2/c16-12-6-5-11(9-23(18)19)13(8-12)17-24(20,21)15-7-10-3-1-2-4-14(10)22-15/h1-8,17H,9H2,(H,18,19)/p-1. The molecule has 6 nitrogen and oxygen atoms in total. The molecular formula is C15H11ClNO5S2-. The molecular weight excluding hydrogens is 374 g/mol. The van der Waals surface area contributed by atoms with E-state index in [2.05, 4.69) is 4.72 Å². The number of rotatable bonds is 5. The predicted molar refractivity (Wildman–Crippen MR) is 91.1 cm³/mol. The third-order valence-electron chi connectivity index (χ3n) is 3.26. The van der Waals surface area contributed by atoms with Gasteiger partial charge >= 0.3 is 0 Å². The molecule has 0 aliphatic heterocycles. The zero-order chi connectivity index (χ0) is 17.3. The third kappa shape index (κ3) is 3.62. The summed E-state index contributed by atoms with van der Waals surface area (Å²) in [7, 11) is -4.03. The Morgan fingerprint density at radius 3 is 2.62 bits per heavy atom. The minimum absolute atomic E-state index is 0.0900. The normalized spacial score (nSPS) is 13.1. The molecule has 0 radical (unpaired) electrons. The van der Waals surface area contributed by atoms with E-state index in [0.29, 0.717) is 11.0 Å². The van der Waals surface area contributed by atoms with Crippen molar-refractivity contribution in [2.24, 2.45) is 0 Å². The molecule has 0 amide bonds. The summed E-state index contributed by atoms with van der Waals surface area (Å²) >= 11 is 3.51. The number of sulfonamides is 1. The first kappa shape index (κ1) is 17.0. The molecule has 3 rings (SSSR count). The third-order valence-corrected chi connectivity index (χ3v) is 5.26. The molecule has 1 atom stereocenters. The van der Waals surface area contributed by atoms with Crippen molar-refractivity contribution in [1.82, 2.24) is 0 Å². The molecule has 1 N–H and O–H groups in total. The number of para-hydroxylation sites is 1. The number of hydrogen-bond donors (Lipinski definition) is 1. The van der Waals surface area contributed by atoms with Gasteiger partial charge in [0.15, 0.2) is 0 Å². The van der Waals surface area contributed by atoms with E-state index in [0.717, 1.165) is 0 Å². The van der Waals surface area contributed by atoms with Crippen LogP contribution in [-0.2, 0) is 26.9 Å². The first-order valence-corrected chi connectivity index (χ1v) is 9.81. The smallest absolute Gasteiger partial charge is 0.295 e. The number of nitrogens with one attached hydrogen (secondary N) is 1. The van der Waals surface area contributed by atoms with Crippen molar-refractivity contribution >= 4 is 49.4 Å². The maximum absolute atomic E-state index is 12.5. The van der Waals surface area contributed by atoms with Gasteiger partial charge < -0.3 is 8.97 Å². The van der Waals surface area contributed by atoms with Crippen LogP contribution in [0.2, 0.25) is 5.02 Å². The molecule has 0 saturated carbocycles. The van der Waals surface area contributed by atoms with Crippen LogP contribution in [0.3, 0.4) is 0 Å². The van der Waals surface area contributed by atoms with Gasteiger partial charge in [-0.2, -0.15) is 8.42 Å². The van der Waals surface area contributed by atoms with Crippen molar-refractivity contribution in [3.05, 3.63) is 59.1 Å². The number of hydrogen-bond acceptors (Lipinski definition) is 5. The number of fused-ring (bicyclic) bond motifs is 1. The van der Waals surface area contributed by atoms with Gasteiger partial charge in [-0.25, -0.2) is 0 Å². The van der Waals surface area contributed by atoms with E-state index in [-0.39, 0.29) is 27.1 Å². The Balaban J connectivity index is 2.00. The Morgan fingerprint density at radius 1 is 1.17 bits per heavy atom. The average Bonchev–Trinajstić information content (AvgIpc) is 2.94. The van der Waals surface area contributed by atoms with Gasteiger partial charge in [0.25, 0.3) is 10.0 Å². The summed E-state index contributed by atoms with van der Waals surface area (Å²) in [5.74, 6) is -0.338. The highest BCUT2D eigenvalue weighted by Gasteiger charge is 2.21. The molecule has 0 aliphatic rings. The van der Waals surface area contributed by atoms with Gasteiger partial charge in [-0.05, 0) is 23.8 Å². The lowest BCUT2D eigenvalue weighted by molar-refractivity contribution is 0.484. The van der Waals surface area contributed by atoms with E-state index < -0.39 is 21.1 Å². The van der Waals surface area contributed by atoms with Crippen molar-refractivity contribution < 1.29 is 21.6 Å². The minimum Gasteiger partial charge on any atom is -0.772 e. The number of furan rings is 1. The van der Waals surface area contributed by atoms with Gasteiger partial charge in [0, 0.05) is 22.2 Å². The van der Waals surface area contributed by atoms with Gasteiger partial charge in [0.2, 0.25) is 5.09 Å². The second kappa shape index (κ2) is 6.56. The van der Waals surface area contributed by atoms with Crippen LogP contribution in [0.1, 0.15) is 5.56 Å². The van der Waals surface area contributed by atoms with Crippen molar-refractivity contribution in [3.63, 3.8) is 0 Å². The number of benzene rings is 2. The maximum Gasteiger partial charge on any atom is 0.295 e. The van der Waals surface area contributed by atoms with E-state index in [1.165, 1.54) is 24.3 Å². The van der Waals surface area contributed by atoms with Crippen LogP contribution in [0.5, 0.6) is 0 Å². The van der Waals surface area contributed by atoms with E-state index in [1.54, 1.807) is 24.3 Å². The van der Waals surface area contributed by atoms with Crippen LogP contribution in [-0.4, -0.2) is 17.2 Å². The van der Waals surface area contributed by atoms with Gasteiger partial charge in [-0.15, -0.1) is 0 Å². The summed E-state index contributed by atoms with van der Waals surface area (Å²) in [4.78, 5) is 0. The quantitative estimate of drug-likeness (QED) is 0.680. The SMILES string of the molecule is O=S([O-])Cc1ccc(Cl)cc1NS(=O)(=O)c1cc2ccccc2o1. The largest absolute Gasteiger partial charge is 0.772 e. The fourth-order valence-electron chi connectivity index (χ4n) is 2.18. The van der Waals surface area contributed by atoms with Crippen LogP contribution in [0.25, 0.3) is 11.0 Å². The molecule has 3 aromatic rings. The lowest BCUT2D eigenvalue weighted by atomic mass is 10.2. The minimum atomic E-state index is -4.03. The Hall–Kier alpha value is -1.87.